The fourth-order valence-corrected chi connectivity index (χ4v) is 1.96. The number of benzene rings is 1. The Bertz CT molecular complexity index is 413. The van der Waals surface area contributed by atoms with Crippen molar-refractivity contribution < 1.29 is 9.90 Å². The molecule has 0 saturated heterocycles. The van der Waals surface area contributed by atoms with Crippen molar-refractivity contribution in [3.63, 3.8) is 0 Å². The molecule has 0 aromatic heterocycles. The van der Waals surface area contributed by atoms with Crippen LogP contribution in [0.3, 0.4) is 0 Å². The van der Waals surface area contributed by atoms with Gasteiger partial charge in [-0.25, -0.2) is 0 Å². The topological polar surface area (TPSA) is 49.3 Å². The molecule has 0 aliphatic carbocycles. The van der Waals surface area contributed by atoms with E-state index in [1.165, 1.54) is 0 Å². The van der Waals surface area contributed by atoms with Crippen LogP contribution in [0.15, 0.2) is 28.7 Å². The Morgan fingerprint density at radius 1 is 1.39 bits per heavy atom. The van der Waals surface area contributed by atoms with E-state index in [0.717, 1.165) is 4.47 Å². The molecule has 100 valence electrons. The van der Waals surface area contributed by atoms with Gasteiger partial charge in [0.05, 0.1) is 11.7 Å². The highest BCUT2D eigenvalue weighted by atomic mass is 79.9. The molecule has 0 aliphatic rings. The van der Waals surface area contributed by atoms with Crippen molar-refractivity contribution in [2.75, 3.05) is 6.54 Å². The molecule has 1 rings (SSSR count). The molecule has 2 N–H and O–H groups in total. The molecule has 0 fully saturated rings. The third-order valence-corrected chi connectivity index (χ3v) is 3.51. The molecule has 18 heavy (non-hydrogen) atoms. The van der Waals surface area contributed by atoms with Crippen LogP contribution in [-0.2, 0) is 0 Å². The normalized spacial score (nSPS) is 13.2. The first-order valence-electron chi connectivity index (χ1n) is 6.03. The number of aliphatic hydroxyl groups excluding tert-OH is 1. The average Bonchev–Trinajstić information content (AvgIpc) is 2.28. The van der Waals surface area contributed by atoms with Crippen molar-refractivity contribution in [1.29, 1.82) is 0 Å². The van der Waals surface area contributed by atoms with Crippen LogP contribution >= 0.6 is 15.9 Å². The molecule has 4 heteroatoms. The minimum atomic E-state index is -0.419. The Morgan fingerprint density at radius 3 is 2.56 bits per heavy atom. The van der Waals surface area contributed by atoms with Gasteiger partial charge in [0, 0.05) is 11.0 Å². The van der Waals surface area contributed by atoms with Gasteiger partial charge in [-0.05, 0) is 39.9 Å². The second kappa shape index (κ2) is 6.34. The summed E-state index contributed by atoms with van der Waals surface area (Å²) in [5.41, 5.74) is 0.459. The van der Waals surface area contributed by atoms with Gasteiger partial charge < -0.3 is 10.4 Å². The molecule has 0 spiro atoms. The summed E-state index contributed by atoms with van der Waals surface area (Å²) >= 11 is 3.34. The lowest BCUT2D eigenvalue weighted by atomic mass is 9.87. The number of rotatable bonds is 4. The first-order valence-corrected chi connectivity index (χ1v) is 6.82. The first-order chi connectivity index (χ1) is 8.32. The lowest BCUT2D eigenvalue weighted by Gasteiger charge is -2.25. The highest BCUT2D eigenvalue weighted by Gasteiger charge is 2.21. The Morgan fingerprint density at radius 2 is 2.00 bits per heavy atom. The molecule has 0 heterocycles. The number of hydrogen-bond donors (Lipinski definition) is 2. The van der Waals surface area contributed by atoms with Gasteiger partial charge in [-0.2, -0.15) is 0 Å². The molecule has 1 aromatic carbocycles. The van der Waals surface area contributed by atoms with Crippen LogP contribution in [0.1, 0.15) is 37.6 Å². The summed E-state index contributed by atoms with van der Waals surface area (Å²) in [6.07, 6.45) is 0.136. The van der Waals surface area contributed by atoms with Crippen LogP contribution < -0.4 is 5.32 Å². The molecule has 0 saturated carbocycles. The molecule has 1 amide bonds. The molecule has 1 atom stereocenters. The SMILES string of the molecule is CC(C)(C)C(O)CCNC(=O)c1ccccc1Br. The summed E-state index contributed by atoms with van der Waals surface area (Å²) in [4.78, 5) is 11.9. The van der Waals surface area contributed by atoms with E-state index in [4.69, 9.17) is 0 Å². The van der Waals surface area contributed by atoms with Gasteiger partial charge in [-0.1, -0.05) is 32.9 Å². The van der Waals surface area contributed by atoms with Gasteiger partial charge in [0.1, 0.15) is 0 Å². The molecule has 0 aliphatic heterocycles. The fourth-order valence-electron chi connectivity index (χ4n) is 1.50. The second-order valence-electron chi connectivity index (χ2n) is 5.41. The number of halogens is 1. The van der Waals surface area contributed by atoms with Crippen molar-refractivity contribution in [2.45, 2.75) is 33.3 Å². The van der Waals surface area contributed by atoms with Crippen molar-refractivity contribution in [3.05, 3.63) is 34.3 Å². The van der Waals surface area contributed by atoms with Gasteiger partial charge in [0.2, 0.25) is 0 Å². The van der Waals surface area contributed by atoms with Crippen LogP contribution in [0.2, 0.25) is 0 Å². The second-order valence-corrected chi connectivity index (χ2v) is 6.26. The van der Waals surface area contributed by atoms with E-state index in [2.05, 4.69) is 21.2 Å². The van der Waals surface area contributed by atoms with E-state index in [9.17, 15) is 9.90 Å². The van der Waals surface area contributed by atoms with E-state index >= 15 is 0 Å². The maximum atomic E-state index is 11.9. The smallest absolute Gasteiger partial charge is 0.252 e. The summed E-state index contributed by atoms with van der Waals surface area (Å²) in [5.74, 6) is -0.122. The number of carbonyl (C=O) groups is 1. The van der Waals surface area contributed by atoms with Crippen LogP contribution in [0.5, 0.6) is 0 Å². The predicted octanol–water partition coefficient (Wildman–Crippen LogP) is 2.98. The zero-order valence-electron chi connectivity index (χ0n) is 11.0. The highest BCUT2D eigenvalue weighted by molar-refractivity contribution is 9.10. The van der Waals surface area contributed by atoms with Crippen molar-refractivity contribution >= 4 is 21.8 Å². The van der Waals surface area contributed by atoms with Gasteiger partial charge in [-0.3, -0.25) is 4.79 Å². The average molecular weight is 314 g/mol. The largest absolute Gasteiger partial charge is 0.393 e. The zero-order valence-corrected chi connectivity index (χ0v) is 12.6. The van der Waals surface area contributed by atoms with Crippen LogP contribution in [-0.4, -0.2) is 23.7 Å². The minimum absolute atomic E-state index is 0.122. The zero-order chi connectivity index (χ0) is 13.8. The van der Waals surface area contributed by atoms with E-state index < -0.39 is 6.10 Å². The Kier molecular flexibility index (Phi) is 5.35. The van der Waals surface area contributed by atoms with E-state index in [1.807, 2.05) is 39.0 Å². The molecular formula is C14H20BrNO2. The maximum Gasteiger partial charge on any atom is 0.252 e. The maximum absolute atomic E-state index is 11.9. The molecule has 3 nitrogen and oxygen atoms in total. The van der Waals surface area contributed by atoms with Crippen LogP contribution in [0.25, 0.3) is 0 Å². The van der Waals surface area contributed by atoms with E-state index in [-0.39, 0.29) is 11.3 Å². The number of amides is 1. The molecule has 0 radical (unpaired) electrons. The van der Waals surface area contributed by atoms with Crippen molar-refractivity contribution in [2.24, 2.45) is 5.41 Å². The number of hydrogen-bond acceptors (Lipinski definition) is 2. The number of carbonyl (C=O) groups excluding carboxylic acids is 1. The van der Waals surface area contributed by atoms with Crippen molar-refractivity contribution in [1.82, 2.24) is 5.32 Å². The Hall–Kier alpha value is -0.870. The summed E-state index contributed by atoms with van der Waals surface area (Å²) in [5, 5.41) is 12.7. The number of nitrogens with one attached hydrogen (secondary N) is 1. The lowest BCUT2D eigenvalue weighted by molar-refractivity contribution is 0.0551. The minimum Gasteiger partial charge on any atom is -0.393 e. The van der Waals surface area contributed by atoms with Gasteiger partial charge in [0.15, 0.2) is 0 Å². The van der Waals surface area contributed by atoms with E-state index in [1.54, 1.807) is 6.07 Å². The first kappa shape index (κ1) is 15.2. The van der Waals surface area contributed by atoms with Gasteiger partial charge in [-0.15, -0.1) is 0 Å². The molecule has 1 unspecified atom stereocenters. The lowest BCUT2D eigenvalue weighted by Crippen LogP contribution is -2.32. The monoisotopic (exact) mass is 313 g/mol. The third-order valence-electron chi connectivity index (χ3n) is 2.82. The summed E-state index contributed by atoms with van der Waals surface area (Å²) in [7, 11) is 0. The standard InChI is InChI=1S/C14H20BrNO2/c1-14(2,3)12(17)8-9-16-13(18)10-6-4-5-7-11(10)15/h4-7,12,17H,8-9H2,1-3H3,(H,16,18). The van der Waals surface area contributed by atoms with Crippen molar-refractivity contribution in [3.8, 4) is 0 Å². The van der Waals surface area contributed by atoms with Gasteiger partial charge >= 0.3 is 0 Å². The summed E-state index contributed by atoms with van der Waals surface area (Å²) in [6, 6.07) is 7.28. The fraction of sp³-hybridized carbons (Fsp3) is 0.500. The predicted molar refractivity (Wildman–Crippen MR) is 76.6 cm³/mol. The molecule has 1 aromatic rings. The summed E-state index contributed by atoms with van der Waals surface area (Å²) < 4.78 is 0.777. The Labute approximate surface area is 117 Å². The summed E-state index contributed by atoms with van der Waals surface area (Å²) in [6.45, 7) is 6.41. The highest BCUT2D eigenvalue weighted by Crippen LogP contribution is 2.21. The quantitative estimate of drug-likeness (QED) is 0.897. The third kappa shape index (κ3) is 4.42. The van der Waals surface area contributed by atoms with Crippen LogP contribution in [0.4, 0.5) is 0 Å². The van der Waals surface area contributed by atoms with Crippen LogP contribution in [0, 0.1) is 5.41 Å². The molecular weight excluding hydrogens is 294 g/mol. The number of aliphatic hydroxyl groups is 1. The van der Waals surface area contributed by atoms with Gasteiger partial charge in [0.25, 0.3) is 5.91 Å². The van der Waals surface area contributed by atoms with E-state index in [0.29, 0.717) is 18.5 Å². The Balaban J connectivity index is 2.46. The molecule has 0 bridgehead atoms.